The van der Waals surface area contributed by atoms with Crippen LogP contribution in [-0.2, 0) is 14.8 Å². The molecule has 7 nitrogen and oxygen atoms in total. The minimum Gasteiger partial charge on any atom is -0.462 e. The Morgan fingerprint density at radius 3 is 2.37 bits per heavy atom. The van der Waals surface area contributed by atoms with E-state index in [0.29, 0.717) is 17.9 Å². The maximum absolute atomic E-state index is 12.2. The van der Waals surface area contributed by atoms with Crippen LogP contribution >= 0.6 is 11.6 Å². The summed E-state index contributed by atoms with van der Waals surface area (Å²) >= 11 is 5.85. The van der Waals surface area contributed by atoms with Crippen LogP contribution in [0.25, 0.3) is 0 Å². The SMILES string of the molecule is CCCCOC(=O)c1ccc(NC(=O)NS(=O)(=O)c2ccccc2Cl)cc1. The van der Waals surface area contributed by atoms with E-state index >= 15 is 0 Å². The van der Waals surface area contributed by atoms with Gasteiger partial charge < -0.3 is 10.1 Å². The smallest absolute Gasteiger partial charge is 0.338 e. The molecule has 0 heterocycles. The molecule has 0 saturated heterocycles. The molecule has 144 valence electrons. The number of rotatable bonds is 7. The van der Waals surface area contributed by atoms with E-state index in [2.05, 4.69) is 5.32 Å². The molecule has 0 aliphatic heterocycles. The Hall–Kier alpha value is -2.58. The van der Waals surface area contributed by atoms with Crippen molar-refractivity contribution in [3.8, 4) is 0 Å². The van der Waals surface area contributed by atoms with E-state index in [1.165, 1.54) is 42.5 Å². The number of urea groups is 1. The number of hydrogen-bond donors (Lipinski definition) is 2. The van der Waals surface area contributed by atoms with Crippen molar-refractivity contribution in [1.82, 2.24) is 4.72 Å². The lowest BCUT2D eigenvalue weighted by molar-refractivity contribution is 0.0499. The van der Waals surface area contributed by atoms with Gasteiger partial charge in [0, 0.05) is 5.69 Å². The molecule has 0 atom stereocenters. The lowest BCUT2D eigenvalue weighted by atomic mass is 10.2. The van der Waals surface area contributed by atoms with Gasteiger partial charge in [-0.3, -0.25) is 0 Å². The number of halogens is 1. The van der Waals surface area contributed by atoms with Crippen LogP contribution in [-0.4, -0.2) is 27.0 Å². The first-order valence-corrected chi connectivity index (χ1v) is 10.0. The van der Waals surface area contributed by atoms with Gasteiger partial charge in [-0.2, -0.15) is 0 Å². The zero-order chi connectivity index (χ0) is 19.9. The molecular weight excluding hydrogens is 392 g/mol. The summed E-state index contributed by atoms with van der Waals surface area (Å²) in [6.07, 6.45) is 1.70. The van der Waals surface area contributed by atoms with Gasteiger partial charge in [0.15, 0.2) is 0 Å². The molecule has 27 heavy (non-hydrogen) atoms. The van der Waals surface area contributed by atoms with Crippen LogP contribution in [0, 0.1) is 0 Å². The third-order valence-corrected chi connectivity index (χ3v) is 5.29. The first-order valence-electron chi connectivity index (χ1n) is 8.19. The van der Waals surface area contributed by atoms with Crippen molar-refractivity contribution in [2.45, 2.75) is 24.7 Å². The van der Waals surface area contributed by atoms with Crippen molar-refractivity contribution in [2.24, 2.45) is 0 Å². The summed E-state index contributed by atoms with van der Waals surface area (Å²) in [5, 5.41) is 2.38. The predicted octanol–water partition coefficient (Wildman–Crippen LogP) is 3.81. The van der Waals surface area contributed by atoms with Crippen LogP contribution in [0.4, 0.5) is 10.5 Å². The molecule has 0 fully saturated rings. The standard InChI is InChI=1S/C18H19ClN2O5S/c1-2-3-12-26-17(22)13-8-10-14(11-9-13)20-18(23)21-27(24,25)16-7-5-4-6-15(16)19/h4-11H,2-3,12H2,1H3,(H2,20,21,23). The largest absolute Gasteiger partial charge is 0.462 e. The molecule has 0 aliphatic carbocycles. The van der Waals surface area contributed by atoms with Crippen molar-refractivity contribution < 1.29 is 22.7 Å². The van der Waals surface area contributed by atoms with Crippen LogP contribution in [0.2, 0.25) is 5.02 Å². The average Bonchev–Trinajstić information content (AvgIpc) is 2.62. The first-order chi connectivity index (χ1) is 12.8. The van der Waals surface area contributed by atoms with Crippen molar-refractivity contribution >= 4 is 39.3 Å². The number of amides is 2. The van der Waals surface area contributed by atoms with Crippen molar-refractivity contribution in [3.63, 3.8) is 0 Å². The van der Waals surface area contributed by atoms with Crippen LogP contribution in [0.15, 0.2) is 53.4 Å². The van der Waals surface area contributed by atoms with Crippen molar-refractivity contribution in [1.29, 1.82) is 0 Å². The Kier molecular flexibility index (Phi) is 7.20. The van der Waals surface area contributed by atoms with E-state index in [9.17, 15) is 18.0 Å². The van der Waals surface area contributed by atoms with Gasteiger partial charge in [0.1, 0.15) is 4.90 Å². The third-order valence-electron chi connectivity index (χ3n) is 3.46. The van der Waals surface area contributed by atoms with Gasteiger partial charge in [-0.25, -0.2) is 22.7 Å². The van der Waals surface area contributed by atoms with Crippen LogP contribution in [0.5, 0.6) is 0 Å². The number of esters is 1. The number of carbonyl (C=O) groups excluding carboxylic acids is 2. The molecule has 2 N–H and O–H groups in total. The Morgan fingerprint density at radius 1 is 1.07 bits per heavy atom. The molecule has 0 unspecified atom stereocenters. The maximum Gasteiger partial charge on any atom is 0.338 e. The Labute approximate surface area is 162 Å². The minimum absolute atomic E-state index is 0.00346. The molecule has 2 aromatic rings. The molecule has 0 radical (unpaired) electrons. The highest BCUT2D eigenvalue weighted by Gasteiger charge is 2.20. The fourth-order valence-electron chi connectivity index (χ4n) is 2.08. The lowest BCUT2D eigenvalue weighted by Gasteiger charge is -2.10. The van der Waals surface area contributed by atoms with Crippen LogP contribution in [0.3, 0.4) is 0 Å². The summed E-state index contributed by atoms with van der Waals surface area (Å²) in [5.74, 6) is -0.458. The quantitative estimate of drug-likeness (QED) is 0.533. The molecular formula is C18H19ClN2O5S. The van der Waals surface area contributed by atoms with Gasteiger partial charge in [-0.15, -0.1) is 0 Å². The molecule has 0 aliphatic rings. The van der Waals surface area contributed by atoms with E-state index in [1.807, 2.05) is 11.6 Å². The maximum atomic E-state index is 12.2. The number of nitrogens with one attached hydrogen (secondary N) is 2. The van der Waals surface area contributed by atoms with Crippen LogP contribution in [0.1, 0.15) is 30.1 Å². The van der Waals surface area contributed by atoms with E-state index in [4.69, 9.17) is 16.3 Å². The Bertz CT molecular complexity index is 914. The summed E-state index contributed by atoms with van der Waals surface area (Å²) in [7, 11) is -4.11. The van der Waals surface area contributed by atoms with Crippen LogP contribution < -0.4 is 10.0 Å². The summed E-state index contributed by atoms with van der Waals surface area (Å²) in [4.78, 5) is 23.6. The molecule has 0 bridgehead atoms. The molecule has 2 rings (SSSR count). The number of unbranched alkanes of at least 4 members (excludes halogenated alkanes) is 1. The third kappa shape index (κ3) is 5.97. The minimum atomic E-state index is -4.11. The van der Waals surface area contributed by atoms with Gasteiger partial charge in [0.2, 0.25) is 0 Å². The zero-order valence-electron chi connectivity index (χ0n) is 14.6. The number of carbonyl (C=O) groups is 2. The van der Waals surface area contributed by atoms with E-state index in [1.54, 1.807) is 6.07 Å². The van der Waals surface area contributed by atoms with E-state index < -0.39 is 22.0 Å². The van der Waals surface area contributed by atoms with Gasteiger partial charge in [-0.1, -0.05) is 37.1 Å². The average molecular weight is 411 g/mol. The molecule has 9 heteroatoms. The lowest BCUT2D eigenvalue weighted by Crippen LogP contribution is -2.34. The predicted molar refractivity (Wildman–Crippen MR) is 102 cm³/mol. The fraction of sp³-hybridized carbons (Fsp3) is 0.222. The first kappa shape index (κ1) is 20.7. The second-order valence-corrected chi connectivity index (χ2v) is 7.61. The van der Waals surface area contributed by atoms with E-state index in [-0.39, 0.29) is 9.92 Å². The Morgan fingerprint density at radius 2 is 1.74 bits per heavy atom. The second kappa shape index (κ2) is 9.38. The van der Waals surface area contributed by atoms with Gasteiger partial charge >= 0.3 is 12.0 Å². The number of ether oxygens (including phenoxy) is 1. The number of benzene rings is 2. The molecule has 2 aromatic carbocycles. The van der Waals surface area contributed by atoms with Gasteiger partial charge in [0.25, 0.3) is 10.0 Å². The zero-order valence-corrected chi connectivity index (χ0v) is 16.1. The highest BCUT2D eigenvalue weighted by atomic mass is 35.5. The second-order valence-electron chi connectivity index (χ2n) is 5.56. The molecule has 2 amide bonds. The highest BCUT2D eigenvalue weighted by molar-refractivity contribution is 7.90. The van der Waals surface area contributed by atoms with E-state index in [0.717, 1.165) is 12.8 Å². The Balaban J connectivity index is 1.98. The monoisotopic (exact) mass is 410 g/mol. The van der Waals surface area contributed by atoms with Gasteiger partial charge in [-0.05, 0) is 42.8 Å². The summed E-state index contributed by atoms with van der Waals surface area (Å²) in [6.45, 7) is 2.34. The highest BCUT2D eigenvalue weighted by Crippen LogP contribution is 2.20. The summed E-state index contributed by atoms with van der Waals surface area (Å²) in [6, 6.07) is 10.7. The number of anilines is 1. The van der Waals surface area contributed by atoms with Gasteiger partial charge in [0.05, 0.1) is 17.2 Å². The molecule has 0 saturated carbocycles. The number of sulfonamides is 1. The fourth-order valence-corrected chi connectivity index (χ4v) is 3.51. The summed E-state index contributed by atoms with van der Waals surface area (Å²) < 4.78 is 31.4. The topological polar surface area (TPSA) is 102 Å². The normalized spacial score (nSPS) is 10.9. The summed E-state index contributed by atoms with van der Waals surface area (Å²) in [5.41, 5.74) is 0.646. The van der Waals surface area contributed by atoms with Crippen molar-refractivity contribution in [3.05, 3.63) is 59.1 Å². The molecule has 0 aromatic heterocycles. The molecule has 0 spiro atoms. The van der Waals surface area contributed by atoms with Crippen molar-refractivity contribution in [2.75, 3.05) is 11.9 Å². The number of hydrogen-bond acceptors (Lipinski definition) is 5.